The minimum absolute atomic E-state index is 0.110. The van der Waals surface area contributed by atoms with Crippen molar-refractivity contribution in [1.82, 2.24) is 4.72 Å². The molecule has 0 rings (SSSR count). The van der Waals surface area contributed by atoms with Crippen molar-refractivity contribution in [3.05, 3.63) is 0 Å². The highest BCUT2D eigenvalue weighted by atomic mass is 32.2. The quantitative estimate of drug-likeness (QED) is 0.534. The first kappa shape index (κ1) is 12.3. The average Bonchev–Trinajstić information content (AvgIpc) is 2.00. The molecule has 0 spiro atoms. The van der Waals surface area contributed by atoms with Crippen LogP contribution in [0.5, 0.6) is 0 Å². The molecule has 0 saturated carbocycles. The van der Waals surface area contributed by atoms with Crippen LogP contribution < -0.4 is 10.5 Å². The Morgan fingerprint density at radius 3 is 2.54 bits per heavy atom. The zero-order valence-electron chi connectivity index (χ0n) is 7.61. The van der Waals surface area contributed by atoms with E-state index in [1.807, 2.05) is 0 Å². The summed E-state index contributed by atoms with van der Waals surface area (Å²) < 4.78 is 28.4. The van der Waals surface area contributed by atoms with Crippen LogP contribution in [0.3, 0.4) is 0 Å². The fourth-order valence-electron chi connectivity index (χ4n) is 0.524. The van der Waals surface area contributed by atoms with Crippen LogP contribution in [0, 0.1) is 0 Å². The van der Waals surface area contributed by atoms with Gasteiger partial charge in [0.1, 0.15) is 0 Å². The monoisotopic (exact) mass is 210 g/mol. The summed E-state index contributed by atoms with van der Waals surface area (Å²) in [6.45, 7) is 1.76. The third-order valence-corrected chi connectivity index (χ3v) is 2.38. The zero-order valence-corrected chi connectivity index (χ0v) is 8.43. The van der Waals surface area contributed by atoms with Crippen LogP contribution in [-0.2, 0) is 19.6 Å². The number of carbonyl (C=O) groups excluding carboxylic acids is 1. The number of hydrogen-bond acceptors (Lipinski definition) is 5. The van der Waals surface area contributed by atoms with E-state index in [1.54, 1.807) is 6.92 Å². The van der Waals surface area contributed by atoms with E-state index < -0.39 is 21.7 Å². The van der Waals surface area contributed by atoms with Crippen molar-refractivity contribution < 1.29 is 17.9 Å². The molecule has 3 N–H and O–H groups in total. The number of nitrogens with two attached hydrogens (primary N) is 1. The average molecular weight is 210 g/mol. The highest BCUT2D eigenvalue weighted by Gasteiger charge is 2.16. The van der Waals surface area contributed by atoms with Gasteiger partial charge in [0.05, 0.1) is 7.11 Å². The first-order valence-electron chi connectivity index (χ1n) is 3.67. The molecule has 0 aliphatic carbocycles. The third kappa shape index (κ3) is 6.50. The summed E-state index contributed by atoms with van der Waals surface area (Å²) in [7, 11) is -2.46. The lowest BCUT2D eigenvalue weighted by Gasteiger charge is -2.07. The van der Waals surface area contributed by atoms with Gasteiger partial charge in [-0.25, -0.2) is 13.1 Å². The van der Waals surface area contributed by atoms with Crippen LogP contribution in [0.25, 0.3) is 0 Å². The third-order valence-electron chi connectivity index (χ3n) is 1.16. The summed E-state index contributed by atoms with van der Waals surface area (Å²) >= 11 is 0. The van der Waals surface area contributed by atoms with E-state index in [2.05, 4.69) is 9.46 Å². The smallest absolute Gasteiger partial charge is 0.322 e. The van der Waals surface area contributed by atoms with E-state index in [4.69, 9.17) is 5.73 Å². The molecule has 0 aliphatic rings. The lowest BCUT2D eigenvalue weighted by Crippen LogP contribution is -2.38. The van der Waals surface area contributed by atoms with Crippen LogP contribution in [0.1, 0.15) is 6.92 Å². The van der Waals surface area contributed by atoms with Crippen LogP contribution in [0.4, 0.5) is 0 Å². The number of methoxy groups -OCH3 is 1. The van der Waals surface area contributed by atoms with Crippen LogP contribution >= 0.6 is 0 Å². The SMILES string of the molecule is COC(=O)CS(=O)(=O)NCC(C)N. The summed E-state index contributed by atoms with van der Waals surface area (Å²) in [6, 6.07) is -0.285. The van der Waals surface area contributed by atoms with Crippen molar-refractivity contribution in [2.75, 3.05) is 19.4 Å². The Balaban J connectivity index is 4.02. The Hall–Kier alpha value is -0.660. The predicted molar refractivity (Wildman–Crippen MR) is 47.5 cm³/mol. The van der Waals surface area contributed by atoms with Gasteiger partial charge in [0.15, 0.2) is 5.75 Å². The number of carbonyl (C=O) groups is 1. The van der Waals surface area contributed by atoms with Gasteiger partial charge in [-0.3, -0.25) is 4.79 Å². The van der Waals surface area contributed by atoms with E-state index in [-0.39, 0.29) is 12.6 Å². The Kier molecular flexibility index (Phi) is 4.89. The van der Waals surface area contributed by atoms with Gasteiger partial charge in [-0.1, -0.05) is 0 Å². The molecule has 1 atom stereocenters. The van der Waals surface area contributed by atoms with Gasteiger partial charge in [-0.15, -0.1) is 0 Å². The molecule has 0 aliphatic heterocycles. The second-order valence-corrected chi connectivity index (χ2v) is 4.47. The van der Waals surface area contributed by atoms with Gasteiger partial charge in [0.2, 0.25) is 10.0 Å². The molecule has 0 bridgehead atoms. The van der Waals surface area contributed by atoms with E-state index in [9.17, 15) is 13.2 Å². The van der Waals surface area contributed by atoms with Crippen LogP contribution in [-0.4, -0.2) is 39.8 Å². The van der Waals surface area contributed by atoms with Gasteiger partial charge in [-0.05, 0) is 6.92 Å². The first-order valence-corrected chi connectivity index (χ1v) is 5.32. The maximum absolute atomic E-state index is 11.0. The highest BCUT2D eigenvalue weighted by Crippen LogP contribution is 1.86. The molecule has 7 heteroatoms. The molecule has 6 nitrogen and oxygen atoms in total. The molecule has 0 radical (unpaired) electrons. The standard InChI is InChI=1S/C6H14N2O4S/c1-5(7)3-8-13(10,11)4-6(9)12-2/h5,8H,3-4,7H2,1-2H3. The molecule has 0 fully saturated rings. The summed E-state index contributed by atoms with van der Waals surface area (Å²) in [5, 5.41) is 0. The number of esters is 1. The molecule has 78 valence electrons. The van der Waals surface area contributed by atoms with Gasteiger partial charge in [0.25, 0.3) is 0 Å². The van der Waals surface area contributed by atoms with E-state index in [0.717, 1.165) is 7.11 Å². The largest absolute Gasteiger partial charge is 0.468 e. The molecule has 0 aromatic heterocycles. The van der Waals surface area contributed by atoms with Gasteiger partial charge < -0.3 is 10.5 Å². The Labute approximate surface area is 77.5 Å². The Bertz CT molecular complexity index is 260. The summed E-state index contributed by atoms with van der Waals surface area (Å²) in [6.07, 6.45) is 0. The summed E-state index contributed by atoms with van der Waals surface area (Å²) in [5.41, 5.74) is 5.32. The normalized spacial score (nSPS) is 13.8. The number of sulfonamides is 1. The summed E-state index contributed by atoms with van der Waals surface area (Å²) in [4.78, 5) is 10.6. The van der Waals surface area contributed by atoms with Gasteiger partial charge >= 0.3 is 5.97 Å². The number of rotatable bonds is 5. The fourth-order valence-corrected chi connectivity index (χ4v) is 1.57. The minimum atomic E-state index is -3.59. The number of ether oxygens (including phenoxy) is 1. The van der Waals surface area contributed by atoms with Crippen molar-refractivity contribution in [2.24, 2.45) is 5.73 Å². The molecule has 13 heavy (non-hydrogen) atoms. The van der Waals surface area contributed by atoms with Crippen LogP contribution in [0.2, 0.25) is 0 Å². The van der Waals surface area contributed by atoms with E-state index >= 15 is 0 Å². The fraction of sp³-hybridized carbons (Fsp3) is 0.833. The highest BCUT2D eigenvalue weighted by molar-refractivity contribution is 7.90. The van der Waals surface area contributed by atoms with Crippen molar-refractivity contribution in [2.45, 2.75) is 13.0 Å². The van der Waals surface area contributed by atoms with Gasteiger partial charge in [0, 0.05) is 12.6 Å². The Morgan fingerprint density at radius 2 is 2.15 bits per heavy atom. The maximum atomic E-state index is 11.0. The molecule has 0 heterocycles. The molecular formula is C6H14N2O4S. The molecule has 0 aromatic carbocycles. The topological polar surface area (TPSA) is 98.5 Å². The first-order chi connectivity index (χ1) is 5.87. The number of nitrogens with one attached hydrogen (secondary N) is 1. The molecular weight excluding hydrogens is 196 g/mol. The Morgan fingerprint density at radius 1 is 1.62 bits per heavy atom. The van der Waals surface area contributed by atoms with Crippen molar-refractivity contribution >= 4 is 16.0 Å². The molecule has 0 saturated heterocycles. The zero-order chi connectivity index (χ0) is 10.5. The number of hydrogen-bond donors (Lipinski definition) is 2. The van der Waals surface area contributed by atoms with Gasteiger partial charge in [-0.2, -0.15) is 0 Å². The van der Waals surface area contributed by atoms with Crippen LogP contribution in [0.15, 0.2) is 0 Å². The lowest BCUT2D eigenvalue weighted by molar-refractivity contribution is -0.137. The summed E-state index contributed by atoms with van der Waals surface area (Å²) in [5.74, 6) is -1.46. The van der Waals surface area contributed by atoms with Crippen molar-refractivity contribution in [1.29, 1.82) is 0 Å². The minimum Gasteiger partial charge on any atom is -0.468 e. The van der Waals surface area contributed by atoms with Crippen molar-refractivity contribution in [3.63, 3.8) is 0 Å². The predicted octanol–water partition coefficient (Wildman–Crippen LogP) is -1.57. The maximum Gasteiger partial charge on any atom is 0.322 e. The molecule has 0 amide bonds. The van der Waals surface area contributed by atoms with E-state index in [1.165, 1.54) is 0 Å². The molecule has 0 aromatic rings. The van der Waals surface area contributed by atoms with Crippen molar-refractivity contribution in [3.8, 4) is 0 Å². The lowest BCUT2D eigenvalue weighted by atomic mass is 10.4. The second-order valence-electron chi connectivity index (χ2n) is 2.66. The van der Waals surface area contributed by atoms with E-state index in [0.29, 0.717) is 0 Å². The second kappa shape index (κ2) is 5.15. The molecule has 1 unspecified atom stereocenters.